The van der Waals surface area contributed by atoms with Crippen molar-refractivity contribution in [2.24, 2.45) is 0 Å². The lowest BCUT2D eigenvalue weighted by Gasteiger charge is -2.29. The summed E-state index contributed by atoms with van der Waals surface area (Å²) in [5.41, 5.74) is 0. The Hall–Kier alpha value is -0.870. The van der Waals surface area contributed by atoms with Crippen LogP contribution in [0.1, 0.15) is 0 Å². The summed E-state index contributed by atoms with van der Waals surface area (Å²) in [6.07, 6.45) is -6.82. The molecule has 2 heterocycles. The summed E-state index contributed by atoms with van der Waals surface area (Å²) in [6.45, 7) is 0. The minimum Gasteiger partial charge on any atom is -0.467 e. The van der Waals surface area contributed by atoms with Gasteiger partial charge in [0.05, 0.1) is 7.11 Å². The fourth-order valence-electron chi connectivity index (χ4n) is 2.24. The molecule has 4 N–H and O–H groups in total. The maximum absolute atomic E-state index is 12.0. The number of aliphatic hydroxyl groups is 4. The van der Waals surface area contributed by atoms with Crippen LogP contribution in [0.4, 0.5) is 0 Å². The normalized spacial score (nSPS) is 42.8. The van der Waals surface area contributed by atoms with Gasteiger partial charge >= 0.3 is 5.97 Å². The SMILES string of the molecule is COC(=O)[C@@H]1CS[C@H]2[C@H](O)[C@@H](O)[C@H](O)[C@H](O)C(=O)N12. The Morgan fingerprint density at radius 1 is 1.26 bits per heavy atom. The van der Waals surface area contributed by atoms with E-state index in [1.807, 2.05) is 0 Å². The van der Waals surface area contributed by atoms with E-state index < -0.39 is 47.7 Å². The van der Waals surface area contributed by atoms with Gasteiger partial charge in [-0.25, -0.2) is 4.79 Å². The van der Waals surface area contributed by atoms with Gasteiger partial charge in [0.2, 0.25) is 0 Å². The van der Waals surface area contributed by atoms with Crippen molar-refractivity contribution in [3.05, 3.63) is 0 Å². The lowest BCUT2D eigenvalue weighted by atomic mass is 10.1. The van der Waals surface area contributed by atoms with E-state index in [4.69, 9.17) is 0 Å². The number of amides is 1. The topological polar surface area (TPSA) is 128 Å². The molecule has 2 aliphatic rings. The van der Waals surface area contributed by atoms with Crippen molar-refractivity contribution in [3.63, 3.8) is 0 Å². The maximum atomic E-state index is 12.0. The number of hydrogen-bond donors (Lipinski definition) is 4. The van der Waals surface area contributed by atoms with Crippen LogP contribution < -0.4 is 0 Å². The number of carbonyl (C=O) groups is 2. The van der Waals surface area contributed by atoms with Crippen LogP contribution in [0.15, 0.2) is 0 Å². The van der Waals surface area contributed by atoms with E-state index in [0.717, 1.165) is 16.7 Å². The second-order valence-corrected chi connectivity index (χ2v) is 5.57. The number of esters is 1. The van der Waals surface area contributed by atoms with Crippen LogP contribution in [-0.4, -0.2) is 85.9 Å². The highest BCUT2D eigenvalue weighted by Gasteiger charge is 2.54. The van der Waals surface area contributed by atoms with Gasteiger partial charge < -0.3 is 30.1 Å². The number of ether oxygens (including phenoxy) is 1. The Bertz CT molecular complexity index is 392. The van der Waals surface area contributed by atoms with Gasteiger partial charge in [-0.2, -0.15) is 0 Å². The number of aliphatic hydroxyl groups excluding tert-OH is 4. The number of hydrogen-bond acceptors (Lipinski definition) is 8. The van der Waals surface area contributed by atoms with Crippen molar-refractivity contribution in [1.29, 1.82) is 0 Å². The second-order valence-electron chi connectivity index (χ2n) is 4.42. The third-order valence-corrected chi connectivity index (χ3v) is 4.69. The van der Waals surface area contributed by atoms with Crippen LogP contribution in [0.25, 0.3) is 0 Å². The van der Waals surface area contributed by atoms with E-state index in [1.165, 1.54) is 7.11 Å². The lowest BCUT2D eigenvalue weighted by molar-refractivity contribution is -0.157. The van der Waals surface area contributed by atoms with Gasteiger partial charge in [0.1, 0.15) is 29.7 Å². The van der Waals surface area contributed by atoms with Crippen molar-refractivity contribution < 1.29 is 34.8 Å². The fraction of sp³-hybridized carbons (Fsp3) is 0.800. The van der Waals surface area contributed by atoms with Crippen molar-refractivity contribution in [2.75, 3.05) is 12.9 Å². The minimum absolute atomic E-state index is 0.190. The summed E-state index contributed by atoms with van der Waals surface area (Å²) in [6, 6.07) is -0.950. The molecule has 8 nitrogen and oxygen atoms in total. The van der Waals surface area contributed by atoms with Gasteiger partial charge in [0.25, 0.3) is 5.91 Å². The Kier molecular flexibility index (Phi) is 4.02. The summed E-state index contributed by atoms with van der Waals surface area (Å²) in [5.74, 6) is -1.39. The molecule has 2 saturated heterocycles. The summed E-state index contributed by atoms with van der Waals surface area (Å²) in [7, 11) is 1.17. The average molecular weight is 293 g/mol. The smallest absolute Gasteiger partial charge is 0.329 e. The molecule has 0 radical (unpaired) electrons. The molecule has 0 saturated carbocycles. The first-order chi connectivity index (χ1) is 8.90. The molecule has 0 aromatic heterocycles. The summed E-state index contributed by atoms with van der Waals surface area (Å²) in [5, 5.41) is 37.9. The molecule has 0 aromatic rings. The number of thioether (sulfide) groups is 1. The molecule has 2 aliphatic heterocycles. The van der Waals surface area contributed by atoms with Crippen LogP contribution in [0, 0.1) is 0 Å². The number of carbonyl (C=O) groups excluding carboxylic acids is 2. The molecule has 1 amide bonds. The van der Waals surface area contributed by atoms with Gasteiger partial charge in [0, 0.05) is 5.75 Å². The van der Waals surface area contributed by atoms with Crippen molar-refractivity contribution in [3.8, 4) is 0 Å². The molecule has 0 aromatic carbocycles. The van der Waals surface area contributed by atoms with Crippen LogP contribution >= 0.6 is 11.8 Å². The molecule has 0 aliphatic carbocycles. The maximum Gasteiger partial charge on any atom is 0.329 e. The van der Waals surface area contributed by atoms with Crippen molar-refractivity contribution in [2.45, 2.75) is 35.8 Å². The van der Waals surface area contributed by atoms with Crippen molar-refractivity contribution >= 4 is 23.6 Å². The molecule has 19 heavy (non-hydrogen) atoms. The summed E-state index contributed by atoms with van der Waals surface area (Å²) >= 11 is 1.08. The number of rotatable bonds is 1. The molecule has 6 atom stereocenters. The molecular formula is C10H15NO7S. The van der Waals surface area contributed by atoms with E-state index in [2.05, 4.69) is 4.74 Å². The van der Waals surface area contributed by atoms with E-state index >= 15 is 0 Å². The minimum atomic E-state index is -1.89. The fourth-order valence-corrected chi connectivity index (χ4v) is 3.69. The van der Waals surface area contributed by atoms with Crippen LogP contribution in [0.3, 0.4) is 0 Å². The van der Waals surface area contributed by atoms with Gasteiger partial charge in [0.15, 0.2) is 6.10 Å². The van der Waals surface area contributed by atoms with E-state index in [-0.39, 0.29) is 5.75 Å². The number of nitrogens with zero attached hydrogens (tertiary/aromatic N) is 1. The third-order valence-electron chi connectivity index (χ3n) is 3.33. The van der Waals surface area contributed by atoms with Crippen LogP contribution in [0.2, 0.25) is 0 Å². The predicted molar refractivity (Wildman–Crippen MR) is 62.9 cm³/mol. The first kappa shape index (κ1) is 14.5. The Balaban J connectivity index is 2.35. The highest BCUT2D eigenvalue weighted by atomic mass is 32.2. The Labute approximate surface area is 113 Å². The first-order valence-corrected chi connectivity index (χ1v) is 6.69. The molecule has 0 spiro atoms. The summed E-state index contributed by atoms with van der Waals surface area (Å²) in [4.78, 5) is 24.6. The van der Waals surface area contributed by atoms with E-state index in [9.17, 15) is 30.0 Å². The zero-order valence-electron chi connectivity index (χ0n) is 10.0. The number of methoxy groups -OCH3 is 1. The molecule has 9 heteroatoms. The second kappa shape index (κ2) is 5.25. The van der Waals surface area contributed by atoms with Gasteiger partial charge in [-0.1, -0.05) is 0 Å². The quantitative estimate of drug-likeness (QED) is 0.374. The van der Waals surface area contributed by atoms with Gasteiger partial charge in [-0.15, -0.1) is 11.8 Å². The molecule has 108 valence electrons. The van der Waals surface area contributed by atoms with E-state index in [0.29, 0.717) is 0 Å². The molecule has 0 unspecified atom stereocenters. The van der Waals surface area contributed by atoms with Crippen LogP contribution in [-0.2, 0) is 14.3 Å². The highest BCUT2D eigenvalue weighted by Crippen LogP contribution is 2.36. The van der Waals surface area contributed by atoms with Gasteiger partial charge in [-0.05, 0) is 0 Å². The molecular weight excluding hydrogens is 278 g/mol. The van der Waals surface area contributed by atoms with Crippen LogP contribution in [0.5, 0.6) is 0 Å². The molecule has 2 rings (SSSR count). The largest absolute Gasteiger partial charge is 0.467 e. The molecule has 0 bridgehead atoms. The van der Waals surface area contributed by atoms with Gasteiger partial charge in [-0.3, -0.25) is 4.79 Å². The van der Waals surface area contributed by atoms with Crippen molar-refractivity contribution in [1.82, 2.24) is 4.90 Å². The van der Waals surface area contributed by atoms with E-state index in [1.54, 1.807) is 0 Å². The predicted octanol–water partition coefficient (Wildman–Crippen LogP) is -3.11. The Morgan fingerprint density at radius 3 is 2.47 bits per heavy atom. The monoisotopic (exact) mass is 293 g/mol. The standard InChI is InChI=1S/C10H15NO7S/c1-18-10(17)3-2-19-9-7(15)5(13)4(12)6(14)8(16)11(3)9/h3-7,9,12-15H,2H2,1H3/t3-,4-,5-,6-,7+,9-/m0/s1. The zero-order valence-corrected chi connectivity index (χ0v) is 10.9. The Morgan fingerprint density at radius 2 is 1.89 bits per heavy atom. The summed E-state index contributed by atoms with van der Waals surface area (Å²) < 4.78 is 4.56. The average Bonchev–Trinajstić information content (AvgIpc) is 2.84. The zero-order chi connectivity index (χ0) is 14.3. The highest BCUT2D eigenvalue weighted by molar-refractivity contribution is 8.00. The molecule has 2 fully saturated rings. The third kappa shape index (κ3) is 2.21. The lowest BCUT2D eigenvalue weighted by Crippen LogP contribution is -2.51. The number of fused-ring (bicyclic) bond motifs is 1. The first-order valence-electron chi connectivity index (χ1n) is 5.64.